The molecule has 1 amide bonds. The second-order valence-corrected chi connectivity index (χ2v) is 4.57. The van der Waals surface area contributed by atoms with E-state index < -0.39 is 0 Å². The summed E-state index contributed by atoms with van der Waals surface area (Å²) in [6.45, 7) is 7.44. The summed E-state index contributed by atoms with van der Waals surface area (Å²) in [5.41, 5.74) is 2.51. The molecule has 0 bridgehead atoms. The Kier molecular flexibility index (Phi) is 6.97. The van der Waals surface area contributed by atoms with Crippen LogP contribution in [0.5, 0.6) is 0 Å². The minimum atomic E-state index is 0.107. The molecule has 0 unspecified atom stereocenters. The topological polar surface area (TPSA) is 44.4 Å². The Labute approximate surface area is 116 Å². The first-order valence-corrected chi connectivity index (χ1v) is 6.91. The molecular formula is C15H25N3O. The smallest absolute Gasteiger partial charge is 0.221 e. The minimum Gasteiger partial charge on any atom is -0.370 e. The standard InChI is InChI=1S/C15H25N3O/c1-4-18(14-8-6-5-7-13(14)2)12-11-17-15(19)9-10-16-3/h5-8,16H,4,9-12H2,1-3H3,(H,17,19). The van der Waals surface area contributed by atoms with E-state index >= 15 is 0 Å². The zero-order valence-electron chi connectivity index (χ0n) is 12.2. The van der Waals surface area contributed by atoms with Crippen LogP contribution in [0.1, 0.15) is 18.9 Å². The van der Waals surface area contributed by atoms with E-state index in [1.165, 1.54) is 11.3 Å². The van der Waals surface area contributed by atoms with Gasteiger partial charge in [0.05, 0.1) is 0 Å². The molecule has 0 fully saturated rings. The normalized spacial score (nSPS) is 10.3. The van der Waals surface area contributed by atoms with Crippen LogP contribution >= 0.6 is 0 Å². The van der Waals surface area contributed by atoms with Crippen LogP contribution in [0.2, 0.25) is 0 Å². The molecule has 0 saturated carbocycles. The third-order valence-electron chi connectivity index (χ3n) is 3.14. The molecule has 0 aliphatic heterocycles. The Balaban J connectivity index is 2.42. The summed E-state index contributed by atoms with van der Waals surface area (Å²) in [6, 6.07) is 8.34. The van der Waals surface area contributed by atoms with E-state index in [4.69, 9.17) is 0 Å². The van der Waals surface area contributed by atoms with Crippen LogP contribution in [0, 0.1) is 6.92 Å². The maximum atomic E-state index is 11.5. The Bertz CT molecular complexity index is 393. The van der Waals surface area contributed by atoms with Crippen molar-refractivity contribution in [1.29, 1.82) is 0 Å². The lowest BCUT2D eigenvalue weighted by Crippen LogP contribution is -2.36. The third kappa shape index (κ3) is 5.30. The summed E-state index contributed by atoms with van der Waals surface area (Å²) < 4.78 is 0. The van der Waals surface area contributed by atoms with Gasteiger partial charge in [-0.05, 0) is 32.5 Å². The molecule has 0 saturated heterocycles. The van der Waals surface area contributed by atoms with Gasteiger partial charge in [-0.15, -0.1) is 0 Å². The number of benzene rings is 1. The van der Waals surface area contributed by atoms with Crippen LogP contribution in [-0.4, -0.2) is 39.1 Å². The predicted octanol–water partition coefficient (Wildman–Crippen LogP) is 1.55. The lowest BCUT2D eigenvalue weighted by molar-refractivity contribution is -0.120. The number of aryl methyl sites for hydroxylation is 1. The highest BCUT2D eigenvalue weighted by Crippen LogP contribution is 2.18. The lowest BCUT2D eigenvalue weighted by Gasteiger charge is -2.25. The average molecular weight is 263 g/mol. The SMILES string of the molecule is CCN(CCNC(=O)CCNC)c1ccccc1C. The molecule has 0 radical (unpaired) electrons. The molecule has 0 heterocycles. The molecular weight excluding hydrogens is 238 g/mol. The lowest BCUT2D eigenvalue weighted by atomic mass is 10.2. The number of anilines is 1. The van der Waals surface area contributed by atoms with E-state index in [9.17, 15) is 4.79 Å². The van der Waals surface area contributed by atoms with Crippen LogP contribution in [0.4, 0.5) is 5.69 Å². The predicted molar refractivity (Wildman–Crippen MR) is 80.6 cm³/mol. The van der Waals surface area contributed by atoms with Gasteiger partial charge in [-0.25, -0.2) is 0 Å². The van der Waals surface area contributed by atoms with Crippen LogP contribution in [0.15, 0.2) is 24.3 Å². The molecule has 0 spiro atoms. The van der Waals surface area contributed by atoms with E-state index in [2.05, 4.69) is 47.6 Å². The van der Waals surface area contributed by atoms with Crippen molar-refractivity contribution >= 4 is 11.6 Å². The van der Waals surface area contributed by atoms with Crippen molar-refractivity contribution in [2.24, 2.45) is 0 Å². The van der Waals surface area contributed by atoms with Gasteiger partial charge in [-0.1, -0.05) is 18.2 Å². The summed E-state index contributed by atoms with van der Waals surface area (Å²) >= 11 is 0. The largest absolute Gasteiger partial charge is 0.370 e. The fourth-order valence-electron chi connectivity index (χ4n) is 2.02. The van der Waals surface area contributed by atoms with Gasteiger partial charge in [0.15, 0.2) is 0 Å². The summed E-state index contributed by atoms with van der Waals surface area (Å²) in [7, 11) is 1.85. The Morgan fingerprint density at radius 2 is 2.00 bits per heavy atom. The van der Waals surface area contributed by atoms with Gasteiger partial charge in [0.2, 0.25) is 5.91 Å². The fourth-order valence-corrected chi connectivity index (χ4v) is 2.02. The number of nitrogens with zero attached hydrogens (tertiary/aromatic N) is 1. The van der Waals surface area contributed by atoms with Crippen molar-refractivity contribution < 1.29 is 4.79 Å². The van der Waals surface area contributed by atoms with E-state index in [0.29, 0.717) is 13.0 Å². The molecule has 106 valence electrons. The number of hydrogen-bond acceptors (Lipinski definition) is 3. The van der Waals surface area contributed by atoms with Crippen LogP contribution in [0.25, 0.3) is 0 Å². The van der Waals surface area contributed by atoms with Gasteiger partial charge in [0.25, 0.3) is 0 Å². The van der Waals surface area contributed by atoms with Gasteiger partial charge < -0.3 is 15.5 Å². The molecule has 0 aromatic heterocycles. The molecule has 0 aliphatic rings. The maximum Gasteiger partial charge on any atom is 0.221 e. The number of carbonyl (C=O) groups is 1. The Hall–Kier alpha value is -1.55. The number of hydrogen-bond donors (Lipinski definition) is 2. The van der Waals surface area contributed by atoms with Gasteiger partial charge in [-0.2, -0.15) is 0 Å². The van der Waals surface area contributed by atoms with Crippen molar-refractivity contribution in [1.82, 2.24) is 10.6 Å². The van der Waals surface area contributed by atoms with Gasteiger partial charge in [0, 0.05) is 38.3 Å². The van der Waals surface area contributed by atoms with Crippen LogP contribution in [0.3, 0.4) is 0 Å². The maximum absolute atomic E-state index is 11.5. The molecule has 0 atom stereocenters. The zero-order chi connectivity index (χ0) is 14.1. The van der Waals surface area contributed by atoms with Gasteiger partial charge in [0.1, 0.15) is 0 Å². The Morgan fingerprint density at radius 1 is 1.26 bits per heavy atom. The summed E-state index contributed by atoms with van der Waals surface area (Å²) in [6.07, 6.45) is 0.535. The fraction of sp³-hybridized carbons (Fsp3) is 0.533. The van der Waals surface area contributed by atoms with Crippen LogP contribution < -0.4 is 15.5 Å². The monoisotopic (exact) mass is 263 g/mol. The van der Waals surface area contributed by atoms with Crippen molar-refractivity contribution in [2.75, 3.05) is 38.1 Å². The summed E-state index contributed by atoms with van der Waals surface area (Å²) in [5, 5.41) is 5.92. The average Bonchev–Trinajstić information content (AvgIpc) is 2.42. The van der Waals surface area contributed by atoms with Crippen molar-refractivity contribution in [3.8, 4) is 0 Å². The highest BCUT2D eigenvalue weighted by molar-refractivity contribution is 5.76. The quantitative estimate of drug-likeness (QED) is 0.748. The minimum absolute atomic E-state index is 0.107. The summed E-state index contributed by atoms with van der Waals surface area (Å²) in [4.78, 5) is 13.8. The number of rotatable bonds is 8. The van der Waals surface area contributed by atoms with E-state index in [1.54, 1.807) is 0 Å². The van der Waals surface area contributed by atoms with Crippen LogP contribution in [-0.2, 0) is 4.79 Å². The molecule has 2 N–H and O–H groups in total. The van der Waals surface area contributed by atoms with Crippen molar-refractivity contribution in [2.45, 2.75) is 20.3 Å². The van der Waals surface area contributed by atoms with Gasteiger partial charge >= 0.3 is 0 Å². The molecule has 4 heteroatoms. The first kappa shape index (κ1) is 15.5. The van der Waals surface area contributed by atoms with Gasteiger partial charge in [-0.3, -0.25) is 4.79 Å². The van der Waals surface area contributed by atoms with E-state index in [1.807, 2.05) is 13.1 Å². The second-order valence-electron chi connectivity index (χ2n) is 4.57. The molecule has 1 rings (SSSR count). The number of carbonyl (C=O) groups excluding carboxylic acids is 1. The highest BCUT2D eigenvalue weighted by atomic mass is 16.1. The second kappa shape index (κ2) is 8.53. The highest BCUT2D eigenvalue weighted by Gasteiger charge is 2.07. The zero-order valence-corrected chi connectivity index (χ0v) is 12.2. The number of para-hydroxylation sites is 1. The number of nitrogens with one attached hydrogen (secondary N) is 2. The first-order chi connectivity index (χ1) is 9.19. The van der Waals surface area contributed by atoms with Crippen molar-refractivity contribution in [3.05, 3.63) is 29.8 Å². The summed E-state index contributed by atoms with van der Waals surface area (Å²) in [5.74, 6) is 0.107. The van der Waals surface area contributed by atoms with E-state index in [0.717, 1.165) is 19.6 Å². The molecule has 1 aromatic carbocycles. The number of likely N-dealkylation sites (N-methyl/N-ethyl adjacent to an activating group) is 1. The number of amides is 1. The molecule has 0 aliphatic carbocycles. The molecule has 4 nitrogen and oxygen atoms in total. The molecule has 19 heavy (non-hydrogen) atoms. The first-order valence-electron chi connectivity index (χ1n) is 6.91. The van der Waals surface area contributed by atoms with E-state index in [-0.39, 0.29) is 5.91 Å². The van der Waals surface area contributed by atoms with Crippen molar-refractivity contribution in [3.63, 3.8) is 0 Å². The third-order valence-corrected chi connectivity index (χ3v) is 3.14. The Morgan fingerprint density at radius 3 is 2.63 bits per heavy atom. The molecule has 1 aromatic rings.